The van der Waals surface area contributed by atoms with E-state index < -0.39 is 0 Å². The average Bonchev–Trinajstić information content (AvgIpc) is 1.51. The highest BCUT2D eigenvalue weighted by Crippen LogP contribution is 2.58. The van der Waals surface area contributed by atoms with E-state index in [1.54, 1.807) is 0 Å². The summed E-state index contributed by atoms with van der Waals surface area (Å²) in [7, 11) is 14.1. The Morgan fingerprint density at radius 3 is 0.744 bits per heavy atom. The van der Waals surface area contributed by atoms with E-state index in [1.807, 2.05) is 0 Å². The van der Waals surface area contributed by atoms with Crippen LogP contribution in [0.2, 0.25) is 0 Å². The van der Waals surface area contributed by atoms with Gasteiger partial charge in [0.15, 0.2) is 0 Å². The van der Waals surface area contributed by atoms with Gasteiger partial charge in [0.1, 0.15) is 34.1 Å². The number of rotatable bonds is 24. The van der Waals surface area contributed by atoms with Gasteiger partial charge in [0.05, 0.1) is 92.4 Å². The number of benzene rings is 13. The van der Waals surface area contributed by atoms with Crippen molar-refractivity contribution in [3.05, 3.63) is 270 Å². The molecule has 9 heteroatoms. The first kappa shape index (κ1) is 75.6. The fraction of sp³-hybridized carbons (Fsp3) is 0.278. The highest BCUT2D eigenvalue weighted by Gasteiger charge is 2.42. The van der Waals surface area contributed by atoms with Crippen LogP contribution in [0.15, 0.2) is 237 Å². The van der Waals surface area contributed by atoms with Crippen LogP contribution in [0, 0.1) is 41.5 Å². The first-order chi connectivity index (χ1) is 56.7. The highest BCUT2D eigenvalue weighted by atomic mass is 15.4. The fourth-order valence-electron chi connectivity index (χ4n) is 20.7. The summed E-state index contributed by atoms with van der Waals surface area (Å²) in [6, 6.07) is 93.0. The van der Waals surface area contributed by atoms with E-state index in [2.05, 4.69) is 370 Å². The van der Waals surface area contributed by atoms with Crippen LogP contribution in [0.5, 0.6) is 0 Å². The number of anilines is 9. The summed E-state index contributed by atoms with van der Waals surface area (Å²) in [6.45, 7) is 23.3. The first-order valence-electron chi connectivity index (χ1n) is 43.6. The molecule has 6 heterocycles. The summed E-state index contributed by atoms with van der Waals surface area (Å²) in [4.78, 5) is 7.70. The van der Waals surface area contributed by atoms with Crippen molar-refractivity contribution in [2.75, 3.05) is 57.0 Å². The first-order valence-corrected chi connectivity index (χ1v) is 43.6. The van der Waals surface area contributed by atoms with Gasteiger partial charge in [-0.3, -0.25) is 13.4 Å². The number of unbranched alkanes of at least 4 members (excludes halogenated alkanes) is 9. The van der Waals surface area contributed by atoms with Crippen molar-refractivity contribution in [2.24, 2.45) is 0 Å². The molecule has 0 aliphatic carbocycles. The predicted octanol–water partition coefficient (Wildman–Crippen LogP) is 30.6. The molecule has 0 saturated heterocycles. The molecule has 9 nitrogen and oxygen atoms in total. The second-order valence-corrected chi connectivity index (χ2v) is 35.7. The zero-order valence-corrected chi connectivity index (χ0v) is 71.6. The smallest absolute Gasteiger partial charge is 0.147 e. The SMILES string of the molecule is CCCCCCn1c2cc(N(c3ccc(C)c(C)c3)c3ccc4c(c3)[N+](C)(C)c3ccccc3-4)ccc2c2c1c1c3ccc(N(c4ccc(C)c(C)c4)c4ccc5c(c4)[N+](C)(C)c4ccccc4-5)cc3n(CCCCCC)c1c1c3ccc(N(c4ccc(C)c(C)c4)c4ccc5c(c4)[N+](C)(C)c4ccccc4-5)cc3n(CCCCCC)c21. The van der Waals surface area contributed by atoms with Crippen LogP contribution in [0.3, 0.4) is 0 Å². The number of aryl methyl sites for hydroxylation is 9. The van der Waals surface area contributed by atoms with E-state index in [-0.39, 0.29) is 0 Å². The molecule has 3 aromatic heterocycles. The third-order valence-corrected chi connectivity index (χ3v) is 27.5. The lowest BCUT2D eigenvalue weighted by atomic mass is 10.0. The van der Waals surface area contributed by atoms with Crippen LogP contribution in [0.4, 0.5) is 85.3 Å². The summed E-state index contributed by atoms with van der Waals surface area (Å²) in [5, 5.41) is 7.96. The normalized spacial score (nSPS) is 14.0. The lowest BCUT2D eigenvalue weighted by Crippen LogP contribution is -2.32. The van der Waals surface area contributed by atoms with Gasteiger partial charge in [-0.2, -0.15) is 0 Å². The van der Waals surface area contributed by atoms with Gasteiger partial charge in [0.2, 0.25) is 0 Å². The van der Waals surface area contributed by atoms with Crippen molar-refractivity contribution in [3.63, 3.8) is 0 Å². The van der Waals surface area contributed by atoms with E-state index in [9.17, 15) is 0 Å². The summed E-state index contributed by atoms with van der Waals surface area (Å²) < 4.78 is 10.6. The lowest BCUT2D eigenvalue weighted by Gasteiger charge is -2.29. The Labute approximate surface area is 692 Å². The third kappa shape index (κ3) is 12.2. The maximum Gasteiger partial charge on any atom is 0.147 e. The van der Waals surface area contributed by atoms with Crippen LogP contribution in [-0.2, 0) is 19.6 Å². The molecule has 3 aliphatic rings. The second-order valence-electron chi connectivity index (χ2n) is 35.7. The van der Waals surface area contributed by atoms with E-state index in [0.29, 0.717) is 13.4 Å². The number of hydrogen-bond donors (Lipinski definition) is 0. The van der Waals surface area contributed by atoms with Gasteiger partial charge >= 0.3 is 0 Å². The molecular weight excluding hydrogens is 1420 g/mol. The number of quaternary nitrogens is 3. The quantitative estimate of drug-likeness (QED) is 0.0445. The maximum absolute atomic E-state index is 2.85. The number of nitrogens with zero attached hydrogens (tertiary/aromatic N) is 9. The standard InChI is InChI=1S/C108H114N9/c1-16-19-22-31-58-109-94-64-79(112(76-43-40-70(4)73(7)61-76)82-46-52-88-85-34-25-28-37-97(85)115(10,11)100(88)67-82)49-55-91(94)103-106(109)104-92-56-50-80(113(77-44-41-71(5)74(8)62-77)83-47-53-89-86-35-26-29-38-98(86)116(12,13)101(89)68-83)65-95(92)110(59-32-23-20-17-2)108(104)105-93-57-51-81(66-96(93)111(107(103)105)60-33-24-21-18-3)114(78-45-42-72(6)75(9)63-78)84-48-54-90-87-36-27-30-39-99(87)117(14,15)102(90)69-84/h25-30,34-57,61-69H,16-24,31-33,58-60H2,1-15H3/q+3. The molecule has 0 saturated carbocycles. The molecule has 3 aliphatic heterocycles. The molecule has 16 aromatic rings. The Morgan fingerprint density at radius 1 is 0.231 bits per heavy atom. The molecule has 13 aromatic carbocycles. The van der Waals surface area contributed by atoms with Gasteiger partial charge in [0, 0.05) is 156 Å². The van der Waals surface area contributed by atoms with Crippen LogP contribution in [0.1, 0.15) is 131 Å². The van der Waals surface area contributed by atoms with Gasteiger partial charge in [-0.25, -0.2) is 0 Å². The highest BCUT2D eigenvalue weighted by molar-refractivity contribution is 6.40. The van der Waals surface area contributed by atoms with Crippen molar-refractivity contribution in [3.8, 4) is 33.4 Å². The monoisotopic (exact) mass is 1540 g/mol. The Morgan fingerprint density at radius 2 is 0.470 bits per heavy atom. The number of para-hydroxylation sites is 3. The topological polar surface area (TPSA) is 24.5 Å². The van der Waals surface area contributed by atoms with E-state index in [0.717, 1.165) is 129 Å². The molecule has 117 heavy (non-hydrogen) atoms. The molecule has 0 atom stereocenters. The zero-order chi connectivity index (χ0) is 80.7. The molecule has 19 rings (SSSR count). The lowest BCUT2D eigenvalue weighted by molar-refractivity contribution is 0.568. The maximum atomic E-state index is 2.85. The minimum atomic E-state index is 0.675. The Balaban J connectivity index is 0.934. The summed E-state index contributed by atoms with van der Waals surface area (Å²) in [6.07, 6.45) is 13.7. The average molecular weight is 1540 g/mol. The van der Waals surface area contributed by atoms with Crippen molar-refractivity contribution < 1.29 is 0 Å². The third-order valence-electron chi connectivity index (χ3n) is 27.5. The van der Waals surface area contributed by atoms with Crippen molar-refractivity contribution in [1.82, 2.24) is 27.2 Å². The molecule has 0 radical (unpaired) electrons. The van der Waals surface area contributed by atoms with Gasteiger partial charge in [0.25, 0.3) is 0 Å². The number of fused-ring (bicyclic) bond motifs is 21. The van der Waals surface area contributed by atoms with Gasteiger partial charge in [-0.05, 0) is 222 Å². The Kier molecular flexibility index (Phi) is 18.9. The molecule has 0 amide bonds. The van der Waals surface area contributed by atoms with Gasteiger partial charge in [-0.15, -0.1) is 0 Å². The predicted molar refractivity (Wildman–Crippen MR) is 507 cm³/mol. The summed E-state index contributed by atoms with van der Waals surface area (Å²) in [5.41, 5.74) is 41.7. The fourth-order valence-corrected chi connectivity index (χ4v) is 20.7. The minimum absolute atomic E-state index is 0.675. The van der Waals surface area contributed by atoms with E-state index >= 15 is 0 Å². The van der Waals surface area contributed by atoms with Gasteiger partial charge < -0.3 is 28.4 Å². The molecule has 0 fully saturated rings. The van der Waals surface area contributed by atoms with Crippen molar-refractivity contribution >= 4 is 151 Å². The zero-order valence-electron chi connectivity index (χ0n) is 71.6. The van der Waals surface area contributed by atoms with Crippen LogP contribution in [-0.4, -0.2) is 56.0 Å². The molecule has 0 unspecified atom stereocenters. The van der Waals surface area contributed by atoms with Crippen LogP contribution in [0.25, 0.3) is 98.8 Å². The molecule has 0 bridgehead atoms. The summed E-state index contributed by atoms with van der Waals surface area (Å²) in [5.74, 6) is 0. The summed E-state index contributed by atoms with van der Waals surface area (Å²) >= 11 is 0. The minimum Gasteiger partial charge on any atom is -0.340 e. The molecule has 0 N–H and O–H groups in total. The van der Waals surface area contributed by atoms with Crippen molar-refractivity contribution in [2.45, 2.75) is 159 Å². The number of hydrogen-bond acceptors (Lipinski definition) is 3. The largest absolute Gasteiger partial charge is 0.340 e. The van der Waals surface area contributed by atoms with E-state index in [1.165, 1.54) is 186 Å². The molecule has 588 valence electrons. The number of aromatic nitrogens is 3. The second kappa shape index (κ2) is 29.3. The molecule has 0 spiro atoms. The van der Waals surface area contributed by atoms with Crippen molar-refractivity contribution in [1.29, 1.82) is 0 Å². The Hall–Kier alpha value is -11.5. The molecular formula is C108H114N9+3. The van der Waals surface area contributed by atoms with Crippen LogP contribution < -0.4 is 28.1 Å². The van der Waals surface area contributed by atoms with Crippen LogP contribution >= 0.6 is 0 Å². The van der Waals surface area contributed by atoms with Gasteiger partial charge in [-0.1, -0.05) is 151 Å². The van der Waals surface area contributed by atoms with E-state index in [4.69, 9.17) is 0 Å². The Bertz CT molecular complexity index is 6020.